The number of carboxylic acid groups (broad SMARTS) is 1. The van der Waals surface area contributed by atoms with Gasteiger partial charge >= 0.3 is 5.97 Å². The first-order valence-corrected chi connectivity index (χ1v) is 7.26. The summed E-state index contributed by atoms with van der Waals surface area (Å²) < 4.78 is 7.15. The van der Waals surface area contributed by atoms with E-state index in [1.165, 1.54) is 12.5 Å². The smallest absolute Gasteiger partial charge is 0.358 e. The van der Waals surface area contributed by atoms with Crippen LogP contribution in [0.2, 0.25) is 0 Å². The minimum atomic E-state index is -1.26. The summed E-state index contributed by atoms with van der Waals surface area (Å²) in [6.07, 6.45) is 4.56. The number of hydrogen-bond donors (Lipinski definition) is 2. The first-order chi connectivity index (χ1) is 12.0. The van der Waals surface area contributed by atoms with E-state index in [0.717, 1.165) is 11.0 Å². The third kappa shape index (κ3) is 2.38. The maximum Gasteiger partial charge on any atom is 0.358 e. The standard InChI is InChI=1S/C16H12N6O3/c1-22-7-19-9-3-2-8(6-10(9)22)11-12(15-18-4-5-25-15)21-14(17)13(20-11)16(23)24/h2-7H,1H3,(H2,17,21)(H,23,24). The molecule has 4 rings (SSSR count). The van der Waals surface area contributed by atoms with Crippen molar-refractivity contribution in [2.24, 2.45) is 7.05 Å². The van der Waals surface area contributed by atoms with Gasteiger partial charge in [0.05, 0.1) is 23.6 Å². The van der Waals surface area contributed by atoms with Gasteiger partial charge in [0.2, 0.25) is 5.89 Å². The van der Waals surface area contributed by atoms with Crippen LogP contribution in [0.4, 0.5) is 5.82 Å². The Labute approximate surface area is 140 Å². The fourth-order valence-electron chi connectivity index (χ4n) is 2.57. The number of aromatic nitrogens is 5. The predicted molar refractivity (Wildman–Crippen MR) is 88.6 cm³/mol. The normalized spacial score (nSPS) is 11.1. The van der Waals surface area contributed by atoms with E-state index < -0.39 is 5.97 Å². The predicted octanol–water partition coefficient (Wildman–Crippen LogP) is 1.97. The van der Waals surface area contributed by atoms with Gasteiger partial charge in [-0.25, -0.2) is 24.7 Å². The molecule has 124 valence electrons. The zero-order valence-electron chi connectivity index (χ0n) is 13.0. The number of nitrogen functional groups attached to an aromatic ring is 1. The number of imidazole rings is 1. The van der Waals surface area contributed by atoms with Crippen molar-refractivity contribution in [1.29, 1.82) is 0 Å². The van der Waals surface area contributed by atoms with E-state index in [1.54, 1.807) is 12.4 Å². The van der Waals surface area contributed by atoms with Crippen LogP contribution in [0, 0.1) is 0 Å². The Morgan fingerprint density at radius 3 is 2.80 bits per heavy atom. The topological polar surface area (TPSA) is 133 Å². The first kappa shape index (κ1) is 14.8. The fraction of sp³-hybridized carbons (Fsp3) is 0.0625. The Kier molecular flexibility index (Phi) is 3.21. The minimum absolute atomic E-state index is 0.203. The number of rotatable bonds is 3. The molecule has 0 fully saturated rings. The van der Waals surface area contributed by atoms with Crippen LogP contribution in [-0.2, 0) is 7.05 Å². The highest BCUT2D eigenvalue weighted by molar-refractivity contribution is 5.93. The fourth-order valence-corrected chi connectivity index (χ4v) is 2.57. The molecular weight excluding hydrogens is 324 g/mol. The van der Waals surface area contributed by atoms with E-state index in [9.17, 15) is 9.90 Å². The SMILES string of the molecule is Cn1cnc2ccc(-c3nc(C(=O)O)c(N)nc3-c3ncco3)cc21. The summed E-state index contributed by atoms with van der Waals surface area (Å²) in [6.45, 7) is 0. The van der Waals surface area contributed by atoms with Crippen LogP contribution in [0.25, 0.3) is 33.9 Å². The largest absolute Gasteiger partial charge is 0.476 e. The molecule has 0 spiro atoms. The highest BCUT2D eigenvalue weighted by Gasteiger charge is 2.21. The van der Waals surface area contributed by atoms with Crippen LogP contribution in [-0.4, -0.2) is 35.6 Å². The second-order valence-electron chi connectivity index (χ2n) is 5.36. The van der Waals surface area contributed by atoms with Gasteiger partial charge in [0.15, 0.2) is 17.2 Å². The molecule has 0 aliphatic rings. The molecule has 3 heterocycles. The second kappa shape index (κ2) is 5.41. The van der Waals surface area contributed by atoms with Crippen LogP contribution in [0.15, 0.2) is 41.4 Å². The average molecular weight is 336 g/mol. The van der Waals surface area contributed by atoms with Crippen LogP contribution >= 0.6 is 0 Å². The maximum absolute atomic E-state index is 11.4. The third-order valence-corrected chi connectivity index (χ3v) is 3.76. The molecule has 3 N–H and O–H groups in total. The Hall–Kier alpha value is -3.75. The van der Waals surface area contributed by atoms with Crippen molar-refractivity contribution < 1.29 is 14.3 Å². The van der Waals surface area contributed by atoms with Crippen molar-refractivity contribution in [1.82, 2.24) is 24.5 Å². The van der Waals surface area contributed by atoms with Crippen molar-refractivity contribution in [3.8, 4) is 22.8 Å². The van der Waals surface area contributed by atoms with Crippen LogP contribution in [0.3, 0.4) is 0 Å². The number of benzene rings is 1. The molecule has 3 aromatic heterocycles. The van der Waals surface area contributed by atoms with Gasteiger partial charge in [-0.1, -0.05) is 6.07 Å². The molecule has 1 aromatic carbocycles. The summed E-state index contributed by atoms with van der Waals surface area (Å²) in [5.41, 5.74) is 8.33. The van der Waals surface area contributed by atoms with Crippen molar-refractivity contribution in [2.75, 3.05) is 5.73 Å². The number of fused-ring (bicyclic) bond motifs is 1. The summed E-state index contributed by atoms with van der Waals surface area (Å²) in [6, 6.07) is 5.46. The van der Waals surface area contributed by atoms with E-state index in [-0.39, 0.29) is 23.1 Å². The summed E-state index contributed by atoms with van der Waals surface area (Å²) in [4.78, 5) is 28.1. The van der Waals surface area contributed by atoms with Crippen molar-refractivity contribution in [3.63, 3.8) is 0 Å². The summed E-state index contributed by atoms with van der Waals surface area (Å²) in [7, 11) is 1.87. The van der Waals surface area contributed by atoms with Gasteiger partial charge in [-0.2, -0.15) is 0 Å². The van der Waals surface area contributed by atoms with Gasteiger partial charge in [-0.3, -0.25) is 0 Å². The number of hydrogen-bond acceptors (Lipinski definition) is 7. The quantitative estimate of drug-likeness (QED) is 0.580. The molecule has 9 heteroatoms. The molecule has 0 aliphatic carbocycles. The summed E-state index contributed by atoms with van der Waals surface area (Å²) in [5, 5.41) is 9.31. The minimum Gasteiger partial charge on any atom is -0.476 e. The van der Waals surface area contributed by atoms with Crippen LogP contribution in [0.5, 0.6) is 0 Å². The molecule has 0 amide bonds. The summed E-state index contributed by atoms with van der Waals surface area (Å²) >= 11 is 0. The zero-order chi connectivity index (χ0) is 17.6. The Balaban J connectivity index is 2.01. The number of oxazole rings is 1. The Morgan fingerprint density at radius 1 is 1.24 bits per heavy atom. The molecule has 0 atom stereocenters. The Bertz CT molecular complexity index is 1100. The lowest BCUT2D eigenvalue weighted by Crippen LogP contribution is -2.10. The van der Waals surface area contributed by atoms with Gasteiger partial charge in [-0.05, 0) is 12.1 Å². The highest BCUT2D eigenvalue weighted by Crippen LogP contribution is 2.31. The molecule has 0 unspecified atom stereocenters. The molecule has 0 saturated carbocycles. The Morgan fingerprint density at radius 2 is 2.08 bits per heavy atom. The molecule has 0 aliphatic heterocycles. The average Bonchev–Trinajstić information content (AvgIpc) is 3.24. The number of carboxylic acids is 1. The molecule has 0 bridgehead atoms. The number of carbonyl (C=O) groups is 1. The van der Waals surface area contributed by atoms with Crippen molar-refractivity contribution >= 4 is 22.8 Å². The second-order valence-corrected chi connectivity index (χ2v) is 5.36. The van der Waals surface area contributed by atoms with E-state index in [0.29, 0.717) is 11.3 Å². The van der Waals surface area contributed by atoms with E-state index in [1.807, 2.05) is 23.7 Å². The molecule has 0 radical (unpaired) electrons. The van der Waals surface area contributed by atoms with Gasteiger partial charge in [0, 0.05) is 12.6 Å². The number of nitrogens with zero attached hydrogens (tertiary/aromatic N) is 5. The van der Waals surface area contributed by atoms with Crippen LogP contribution in [0.1, 0.15) is 10.5 Å². The molecule has 0 saturated heterocycles. The van der Waals surface area contributed by atoms with Gasteiger partial charge < -0.3 is 19.8 Å². The molecule has 25 heavy (non-hydrogen) atoms. The monoisotopic (exact) mass is 336 g/mol. The number of aryl methyl sites for hydroxylation is 1. The zero-order valence-corrected chi connectivity index (χ0v) is 13.0. The lowest BCUT2D eigenvalue weighted by Gasteiger charge is -2.09. The van der Waals surface area contributed by atoms with Gasteiger partial charge in [-0.15, -0.1) is 0 Å². The number of anilines is 1. The maximum atomic E-state index is 11.4. The van der Waals surface area contributed by atoms with Crippen molar-refractivity contribution in [3.05, 3.63) is 42.7 Å². The van der Waals surface area contributed by atoms with E-state index in [2.05, 4.69) is 19.9 Å². The molecule has 9 nitrogen and oxygen atoms in total. The lowest BCUT2D eigenvalue weighted by atomic mass is 10.1. The lowest BCUT2D eigenvalue weighted by molar-refractivity contribution is 0.0691. The first-order valence-electron chi connectivity index (χ1n) is 7.26. The molecular formula is C16H12N6O3. The van der Waals surface area contributed by atoms with Crippen molar-refractivity contribution in [2.45, 2.75) is 0 Å². The highest BCUT2D eigenvalue weighted by atomic mass is 16.4. The number of aromatic carboxylic acids is 1. The third-order valence-electron chi connectivity index (χ3n) is 3.76. The molecule has 4 aromatic rings. The van der Waals surface area contributed by atoms with Crippen LogP contribution < -0.4 is 5.73 Å². The van der Waals surface area contributed by atoms with E-state index >= 15 is 0 Å². The number of nitrogens with two attached hydrogens (primary N) is 1. The van der Waals surface area contributed by atoms with E-state index in [4.69, 9.17) is 10.2 Å². The van der Waals surface area contributed by atoms with Gasteiger partial charge in [0.1, 0.15) is 12.0 Å². The summed E-state index contributed by atoms with van der Waals surface area (Å²) in [5.74, 6) is -1.26. The van der Waals surface area contributed by atoms with Gasteiger partial charge in [0.25, 0.3) is 0 Å².